The lowest BCUT2D eigenvalue weighted by Gasteiger charge is -2.11. The van der Waals surface area contributed by atoms with Crippen molar-refractivity contribution in [2.24, 2.45) is 0 Å². The van der Waals surface area contributed by atoms with Gasteiger partial charge in [-0.2, -0.15) is 0 Å². The second kappa shape index (κ2) is 3.53. The third kappa shape index (κ3) is 2.50. The van der Waals surface area contributed by atoms with Gasteiger partial charge in [-0.1, -0.05) is 0 Å². The number of halogens is 2. The molecule has 68 valence electrons. The number of aliphatic hydroxyl groups is 1. The molecule has 0 saturated carbocycles. The Bertz CT molecular complexity index is 225. The van der Waals surface area contributed by atoms with Crippen LogP contribution >= 0.6 is 0 Å². The lowest BCUT2D eigenvalue weighted by molar-refractivity contribution is -0.0596. The Kier molecular flexibility index (Phi) is 2.64. The van der Waals surface area contributed by atoms with Gasteiger partial charge in [0.25, 0.3) is 5.92 Å². The van der Waals surface area contributed by atoms with Gasteiger partial charge in [0.2, 0.25) is 0 Å². The van der Waals surface area contributed by atoms with Gasteiger partial charge in [-0.3, -0.25) is 0 Å². The highest BCUT2D eigenvalue weighted by Crippen LogP contribution is 2.17. The fraction of sp³-hybridized carbons (Fsp3) is 0.800. The van der Waals surface area contributed by atoms with E-state index in [1.54, 1.807) is 0 Å². The second-order valence-corrected chi connectivity index (χ2v) is 2.34. The number of hydrogen-bond donors (Lipinski definition) is 1. The van der Waals surface area contributed by atoms with E-state index in [2.05, 4.69) is 15.5 Å². The Morgan fingerprint density at radius 3 is 2.75 bits per heavy atom. The summed E-state index contributed by atoms with van der Waals surface area (Å²) >= 11 is 0. The van der Waals surface area contributed by atoms with E-state index in [1.807, 2.05) is 0 Å². The zero-order chi connectivity index (χ0) is 9.03. The molecule has 7 heteroatoms. The molecule has 1 aromatic heterocycles. The van der Waals surface area contributed by atoms with Crippen LogP contribution in [0.3, 0.4) is 0 Å². The number of tetrazole rings is 1. The molecule has 0 aromatic carbocycles. The van der Waals surface area contributed by atoms with Gasteiger partial charge < -0.3 is 5.11 Å². The Morgan fingerprint density at radius 1 is 1.50 bits per heavy atom. The van der Waals surface area contributed by atoms with Gasteiger partial charge in [-0.25, -0.2) is 13.5 Å². The van der Waals surface area contributed by atoms with Crippen LogP contribution in [0.15, 0.2) is 6.33 Å². The number of aliphatic hydroxyl groups excluding tert-OH is 1. The van der Waals surface area contributed by atoms with Crippen LogP contribution in [0.2, 0.25) is 0 Å². The van der Waals surface area contributed by atoms with Crippen LogP contribution in [-0.4, -0.2) is 37.8 Å². The first-order chi connectivity index (χ1) is 5.64. The van der Waals surface area contributed by atoms with Crippen LogP contribution in [0.4, 0.5) is 8.78 Å². The van der Waals surface area contributed by atoms with Crippen LogP contribution in [0.25, 0.3) is 0 Å². The van der Waals surface area contributed by atoms with E-state index in [4.69, 9.17) is 5.11 Å². The molecule has 5 nitrogen and oxygen atoms in total. The maximum atomic E-state index is 12.4. The number of rotatable bonds is 4. The van der Waals surface area contributed by atoms with E-state index in [1.165, 1.54) is 11.0 Å². The SMILES string of the molecule is OCC(F)(F)CCn1cnnn1. The molecule has 1 N–H and O–H groups in total. The number of alkyl halides is 2. The van der Waals surface area contributed by atoms with Gasteiger partial charge in [0.15, 0.2) is 0 Å². The maximum absolute atomic E-state index is 12.4. The average molecular weight is 178 g/mol. The van der Waals surface area contributed by atoms with E-state index >= 15 is 0 Å². The summed E-state index contributed by atoms with van der Waals surface area (Å²) in [4.78, 5) is 0. The van der Waals surface area contributed by atoms with E-state index < -0.39 is 19.0 Å². The third-order valence-corrected chi connectivity index (χ3v) is 1.33. The topological polar surface area (TPSA) is 63.8 Å². The van der Waals surface area contributed by atoms with Crippen molar-refractivity contribution in [2.45, 2.75) is 18.9 Å². The third-order valence-electron chi connectivity index (χ3n) is 1.33. The molecule has 0 spiro atoms. The maximum Gasteiger partial charge on any atom is 0.272 e. The second-order valence-electron chi connectivity index (χ2n) is 2.34. The van der Waals surface area contributed by atoms with Gasteiger partial charge in [0.05, 0.1) is 6.54 Å². The molecule has 0 atom stereocenters. The van der Waals surface area contributed by atoms with E-state index in [-0.39, 0.29) is 6.54 Å². The zero-order valence-corrected chi connectivity index (χ0v) is 6.19. The Morgan fingerprint density at radius 2 is 2.25 bits per heavy atom. The minimum Gasteiger partial charge on any atom is -0.390 e. The smallest absolute Gasteiger partial charge is 0.272 e. The van der Waals surface area contributed by atoms with Crippen molar-refractivity contribution in [2.75, 3.05) is 6.61 Å². The van der Waals surface area contributed by atoms with Gasteiger partial charge >= 0.3 is 0 Å². The normalized spacial score (nSPS) is 11.9. The van der Waals surface area contributed by atoms with E-state index in [9.17, 15) is 8.78 Å². The van der Waals surface area contributed by atoms with Crippen LogP contribution in [0.1, 0.15) is 6.42 Å². The minimum absolute atomic E-state index is 0.000556. The zero-order valence-electron chi connectivity index (χ0n) is 6.19. The Balaban J connectivity index is 2.36. The average Bonchev–Trinajstić information content (AvgIpc) is 2.53. The summed E-state index contributed by atoms with van der Waals surface area (Å²) in [6.07, 6.45) is 0.780. The van der Waals surface area contributed by atoms with Crippen molar-refractivity contribution >= 4 is 0 Å². The molecular formula is C5H8F2N4O. The summed E-state index contributed by atoms with van der Waals surface area (Å²) in [5.41, 5.74) is 0. The Hall–Kier alpha value is -1.11. The molecule has 1 heterocycles. The quantitative estimate of drug-likeness (QED) is 0.686. The fourth-order valence-electron chi connectivity index (χ4n) is 0.640. The number of aryl methyl sites for hydroxylation is 1. The summed E-state index contributed by atoms with van der Waals surface area (Å²) in [5, 5.41) is 18.2. The molecule has 0 unspecified atom stereocenters. The van der Waals surface area contributed by atoms with Crippen LogP contribution in [0.5, 0.6) is 0 Å². The molecule has 0 amide bonds. The first-order valence-electron chi connectivity index (χ1n) is 3.33. The van der Waals surface area contributed by atoms with Crippen LogP contribution in [-0.2, 0) is 6.54 Å². The van der Waals surface area contributed by atoms with Crippen molar-refractivity contribution in [1.29, 1.82) is 0 Å². The molecule has 0 aliphatic carbocycles. The van der Waals surface area contributed by atoms with Crippen molar-refractivity contribution in [1.82, 2.24) is 20.2 Å². The van der Waals surface area contributed by atoms with Crippen molar-refractivity contribution in [3.8, 4) is 0 Å². The number of aromatic nitrogens is 4. The lowest BCUT2D eigenvalue weighted by Crippen LogP contribution is -2.23. The molecule has 0 fully saturated rings. The monoisotopic (exact) mass is 178 g/mol. The first-order valence-corrected chi connectivity index (χ1v) is 3.33. The predicted molar refractivity (Wildman–Crippen MR) is 34.5 cm³/mol. The molecule has 0 aliphatic rings. The van der Waals surface area contributed by atoms with Crippen LogP contribution < -0.4 is 0 Å². The van der Waals surface area contributed by atoms with Crippen molar-refractivity contribution in [3.05, 3.63) is 6.33 Å². The van der Waals surface area contributed by atoms with Gasteiger partial charge in [0, 0.05) is 6.42 Å². The van der Waals surface area contributed by atoms with Gasteiger partial charge in [-0.15, -0.1) is 5.10 Å². The number of hydrogen-bond acceptors (Lipinski definition) is 4. The van der Waals surface area contributed by atoms with E-state index in [0.29, 0.717) is 0 Å². The molecule has 12 heavy (non-hydrogen) atoms. The summed E-state index contributed by atoms with van der Waals surface area (Å²) in [6.45, 7) is -1.14. The highest BCUT2D eigenvalue weighted by Gasteiger charge is 2.27. The van der Waals surface area contributed by atoms with Gasteiger partial charge in [0.1, 0.15) is 12.9 Å². The standard InChI is InChI=1S/C5H8F2N4O/c6-5(7,3-12)1-2-11-4-8-9-10-11/h4,12H,1-3H2. The van der Waals surface area contributed by atoms with E-state index in [0.717, 1.165) is 0 Å². The molecule has 1 rings (SSSR count). The van der Waals surface area contributed by atoms with Gasteiger partial charge in [-0.05, 0) is 10.4 Å². The molecule has 0 radical (unpaired) electrons. The highest BCUT2D eigenvalue weighted by atomic mass is 19.3. The summed E-state index contributed by atoms with van der Waals surface area (Å²) in [6, 6.07) is 0. The summed E-state index contributed by atoms with van der Waals surface area (Å²) in [5.74, 6) is -3.05. The Labute approximate surface area is 67.0 Å². The lowest BCUT2D eigenvalue weighted by atomic mass is 10.2. The minimum atomic E-state index is -3.05. The summed E-state index contributed by atoms with van der Waals surface area (Å²) in [7, 11) is 0. The predicted octanol–water partition coefficient (Wildman–Crippen LogP) is -0.309. The summed E-state index contributed by atoms with van der Waals surface area (Å²) < 4.78 is 26.0. The van der Waals surface area contributed by atoms with Crippen molar-refractivity contribution in [3.63, 3.8) is 0 Å². The molecule has 0 aliphatic heterocycles. The van der Waals surface area contributed by atoms with Crippen LogP contribution in [0, 0.1) is 0 Å². The molecule has 0 bridgehead atoms. The van der Waals surface area contributed by atoms with Crippen molar-refractivity contribution < 1.29 is 13.9 Å². The largest absolute Gasteiger partial charge is 0.390 e. The molecular weight excluding hydrogens is 170 g/mol. The first kappa shape index (κ1) is 8.98. The molecule has 1 aromatic rings. The number of nitrogens with zero attached hydrogens (tertiary/aromatic N) is 4. The fourth-order valence-corrected chi connectivity index (χ4v) is 0.640. The molecule has 0 saturated heterocycles. The highest BCUT2D eigenvalue weighted by molar-refractivity contribution is 4.63.